The Labute approximate surface area is 122 Å². The fraction of sp³-hybridized carbons (Fsp3) is 0.688. The first kappa shape index (κ1) is 16.8. The summed E-state index contributed by atoms with van der Waals surface area (Å²) in [5.41, 5.74) is 0.514. The van der Waals surface area contributed by atoms with Gasteiger partial charge < -0.3 is 15.0 Å². The molecule has 0 radical (unpaired) electrons. The van der Waals surface area contributed by atoms with E-state index in [0.717, 1.165) is 13.0 Å². The minimum absolute atomic E-state index is 0.0674. The third-order valence-corrected chi connectivity index (χ3v) is 3.38. The second-order valence-electron chi connectivity index (χ2n) is 5.32. The van der Waals surface area contributed by atoms with Crippen molar-refractivity contribution in [3.05, 3.63) is 24.0 Å². The summed E-state index contributed by atoms with van der Waals surface area (Å²) in [6.45, 7) is 7.26. The number of aromatic nitrogens is 1. The normalized spacial score (nSPS) is 12.6. The zero-order valence-electron chi connectivity index (χ0n) is 12.9. The number of hydrogen-bond donors (Lipinski definition) is 2. The van der Waals surface area contributed by atoms with Crippen LogP contribution >= 0.6 is 0 Å². The smallest absolute Gasteiger partial charge is 0.354 e. The summed E-state index contributed by atoms with van der Waals surface area (Å²) in [6.07, 6.45) is 7.33. The molecule has 114 valence electrons. The molecule has 1 aromatic heterocycles. The molecule has 20 heavy (non-hydrogen) atoms. The van der Waals surface area contributed by atoms with Crippen LogP contribution in [0.15, 0.2) is 18.3 Å². The Bertz CT molecular complexity index is 357. The monoisotopic (exact) mass is 280 g/mol. The van der Waals surface area contributed by atoms with E-state index in [9.17, 15) is 4.79 Å². The standard InChI is InChI=1S/C16H28N2O2/c1-4-7-14(8-5-2)17-12-10-13(3)20-16(19)15-9-6-11-18-15/h6,9,11,13-14,17-18H,4-5,7-8,10,12H2,1-3H3. The van der Waals surface area contributed by atoms with Gasteiger partial charge in [0.25, 0.3) is 0 Å². The Balaban J connectivity index is 2.22. The third kappa shape index (κ3) is 6.24. The van der Waals surface area contributed by atoms with Gasteiger partial charge in [-0.3, -0.25) is 0 Å². The number of carbonyl (C=O) groups is 1. The molecule has 1 atom stereocenters. The van der Waals surface area contributed by atoms with E-state index in [2.05, 4.69) is 24.1 Å². The highest BCUT2D eigenvalue weighted by molar-refractivity contribution is 5.87. The van der Waals surface area contributed by atoms with Gasteiger partial charge in [0.15, 0.2) is 0 Å². The summed E-state index contributed by atoms with van der Waals surface area (Å²) in [4.78, 5) is 14.6. The molecule has 0 fully saturated rings. The van der Waals surface area contributed by atoms with Crippen molar-refractivity contribution in [3.63, 3.8) is 0 Å². The fourth-order valence-corrected chi connectivity index (χ4v) is 2.30. The van der Waals surface area contributed by atoms with E-state index in [4.69, 9.17) is 4.74 Å². The second kappa shape index (κ2) is 9.59. The molecule has 0 saturated heterocycles. The minimum Gasteiger partial charge on any atom is -0.458 e. The van der Waals surface area contributed by atoms with E-state index >= 15 is 0 Å². The van der Waals surface area contributed by atoms with Crippen LogP contribution in [0.5, 0.6) is 0 Å². The van der Waals surface area contributed by atoms with E-state index in [1.807, 2.05) is 6.92 Å². The first-order chi connectivity index (χ1) is 9.67. The molecule has 4 nitrogen and oxygen atoms in total. The van der Waals surface area contributed by atoms with Crippen LogP contribution < -0.4 is 5.32 Å². The molecule has 0 aliphatic heterocycles. The Morgan fingerprint density at radius 3 is 2.55 bits per heavy atom. The third-order valence-electron chi connectivity index (χ3n) is 3.38. The van der Waals surface area contributed by atoms with Gasteiger partial charge in [-0.25, -0.2) is 4.79 Å². The average molecular weight is 280 g/mol. The average Bonchev–Trinajstić information content (AvgIpc) is 2.93. The molecule has 2 N–H and O–H groups in total. The Morgan fingerprint density at radius 2 is 2.00 bits per heavy atom. The number of ether oxygens (including phenoxy) is 1. The van der Waals surface area contributed by atoms with Gasteiger partial charge in [-0.15, -0.1) is 0 Å². The molecule has 0 aromatic carbocycles. The Hall–Kier alpha value is -1.29. The van der Waals surface area contributed by atoms with Gasteiger partial charge in [-0.2, -0.15) is 0 Å². The van der Waals surface area contributed by atoms with Crippen molar-refractivity contribution in [1.29, 1.82) is 0 Å². The molecular weight excluding hydrogens is 252 g/mol. The molecule has 1 unspecified atom stereocenters. The number of rotatable bonds is 10. The van der Waals surface area contributed by atoms with Gasteiger partial charge in [0.2, 0.25) is 0 Å². The summed E-state index contributed by atoms with van der Waals surface area (Å²) in [5, 5.41) is 3.56. The molecule has 0 spiro atoms. The summed E-state index contributed by atoms with van der Waals surface area (Å²) < 4.78 is 5.39. The van der Waals surface area contributed by atoms with E-state index < -0.39 is 0 Å². The van der Waals surface area contributed by atoms with Crippen LogP contribution in [0, 0.1) is 0 Å². The molecule has 0 saturated carbocycles. The van der Waals surface area contributed by atoms with Crippen LogP contribution in [0.4, 0.5) is 0 Å². The van der Waals surface area contributed by atoms with Crippen molar-refractivity contribution in [3.8, 4) is 0 Å². The van der Waals surface area contributed by atoms with Crippen LogP contribution in [0.1, 0.15) is 63.4 Å². The fourth-order valence-electron chi connectivity index (χ4n) is 2.30. The molecule has 0 bridgehead atoms. The number of hydrogen-bond acceptors (Lipinski definition) is 3. The van der Waals surface area contributed by atoms with Gasteiger partial charge in [-0.05, 0) is 44.9 Å². The predicted molar refractivity (Wildman–Crippen MR) is 81.9 cm³/mol. The van der Waals surface area contributed by atoms with Crippen LogP contribution in [0.25, 0.3) is 0 Å². The van der Waals surface area contributed by atoms with Crippen molar-refractivity contribution in [2.24, 2.45) is 0 Å². The maximum absolute atomic E-state index is 11.7. The molecule has 0 amide bonds. The second-order valence-corrected chi connectivity index (χ2v) is 5.32. The van der Waals surface area contributed by atoms with E-state index in [1.54, 1.807) is 18.3 Å². The lowest BCUT2D eigenvalue weighted by atomic mass is 10.1. The minimum atomic E-state index is -0.277. The molecule has 1 heterocycles. The zero-order chi connectivity index (χ0) is 14.8. The van der Waals surface area contributed by atoms with Gasteiger partial charge >= 0.3 is 5.97 Å². The molecule has 0 aliphatic carbocycles. The topological polar surface area (TPSA) is 54.1 Å². The SMILES string of the molecule is CCCC(CCC)NCCC(C)OC(=O)c1ccc[nH]1. The molecule has 1 aromatic rings. The van der Waals surface area contributed by atoms with Gasteiger partial charge in [-0.1, -0.05) is 26.7 Å². The highest BCUT2D eigenvalue weighted by Gasteiger charge is 2.13. The van der Waals surface area contributed by atoms with Crippen molar-refractivity contribution < 1.29 is 9.53 Å². The maximum Gasteiger partial charge on any atom is 0.354 e. The lowest BCUT2D eigenvalue weighted by Crippen LogP contribution is -2.32. The van der Waals surface area contributed by atoms with Crippen molar-refractivity contribution in [1.82, 2.24) is 10.3 Å². The maximum atomic E-state index is 11.7. The van der Waals surface area contributed by atoms with Gasteiger partial charge in [0.1, 0.15) is 11.8 Å². The van der Waals surface area contributed by atoms with Crippen molar-refractivity contribution in [2.45, 2.75) is 65.0 Å². The highest BCUT2D eigenvalue weighted by atomic mass is 16.5. The first-order valence-electron chi connectivity index (χ1n) is 7.75. The summed E-state index contributed by atoms with van der Waals surface area (Å²) in [6, 6.07) is 4.12. The Kier molecular flexibility index (Phi) is 8.04. The van der Waals surface area contributed by atoms with Crippen LogP contribution in [0.2, 0.25) is 0 Å². The number of aromatic amines is 1. The Morgan fingerprint density at radius 1 is 1.30 bits per heavy atom. The summed E-state index contributed by atoms with van der Waals surface area (Å²) in [7, 11) is 0. The van der Waals surface area contributed by atoms with Gasteiger partial charge in [0, 0.05) is 12.2 Å². The van der Waals surface area contributed by atoms with Crippen LogP contribution in [-0.4, -0.2) is 29.6 Å². The zero-order valence-corrected chi connectivity index (χ0v) is 12.9. The highest BCUT2D eigenvalue weighted by Crippen LogP contribution is 2.07. The van der Waals surface area contributed by atoms with E-state index in [1.165, 1.54) is 25.7 Å². The van der Waals surface area contributed by atoms with Crippen molar-refractivity contribution in [2.75, 3.05) is 6.54 Å². The molecule has 0 aliphatic rings. The van der Waals surface area contributed by atoms with Gasteiger partial charge in [0.05, 0.1) is 0 Å². The quantitative estimate of drug-likeness (QED) is 0.645. The first-order valence-corrected chi connectivity index (χ1v) is 7.75. The lowest BCUT2D eigenvalue weighted by Gasteiger charge is -2.19. The molecular formula is C16H28N2O2. The lowest BCUT2D eigenvalue weighted by molar-refractivity contribution is 0.0318. The molecule has 1 rings (SSSR count). The number of nitrogens with one attached hydrogen (secondary N) is 2. The van der Waals surface area contributed by atoms with Crippen molar-refractivity contribution >= 4 is 5.97 Å². The van der Waals surface area contributed by atoms with E-state index in [-0.39, 0.29) is 12.1 Å². The predicted octanol–water partition coefficient (Wildman–Crippen LogP) is 3.51. The van der Waals surface area contributed by atoms with E-state index in [0.29, 0.717) is 11.7 Å². The number of esters is 1. The number of carbonyl (C=O) groups excluding carboxylic acids is 1. The van der Waals surface area contributed by atoms with Crippen LogP contribution in [-0.2, 0) is 4.74 Å². The number of H-pyrrole nitrogens is 1. The summed E-state index contributed by atoms with van der Waals surface area (Å²) in [5.74, 6) is -0.277. The largest absolute Gasteiger partial charge is 0.458 e. The molecule has 4 heteroatoms. The summed E-state index contributed by atoms with van der Waals surface area (Å²) >= 11 is 0. The van der Waals surface area contributed by atoms with Crippen LogP contribution in [0.3, 0.4) is 0 Å².